The van der Waals surface area contributed by atoms with Gasteiger partial charge in [-0.25, -0.2) is 0 Å². The SMILES string of the molecule is C=CCOc1ccc(C(=O)N2CCC(CCO)C2)cc1. The summed E-state index contributed by atoms with van der Waals surface area (Å²) in [5.74, 6) is 1.22. The van der Waals surface area contributed by atoms with Crippen molar-refractivity contribution < 1.29 is 14.6 Å². The van der Waals surface area contributed by atoms with Gasteiger partial charge in [-0.05, 0) is 43.0 Å². The largest absolute Gasteiger partial charge is 0.490 e. The van der Waals surface area contributed by atoms with Crippen LogP contribution in [0.15, 0.2) is 36.9 Å². The lowest BCUT2D eigenvalue weighted by molar-refractivity contribution is 0.0784. The number of likely N-dealkylation sites (tertiary alicyclic amines) is 1. The predicted octanol–water partition coefficient (Wildman–Crippen LogP) is 2.10. The Balaban J connectivity index is 1.94. The summed E-state index contributed by atoms with van der Waals surface area (Å²) < 4.78 is 5.39. The first-order valence-electron chi connectivity index (χ1n) is 6.98. The highest BCUT2D eigenvalue weighted by molar-refractivity contribution is 5.94. The van der Waals surface area contributed by atoms with Crippen LogP contribution >= 0.6 is 0 Å². The van der Waals surface area contributed by atoms with E-state index >= 15 is 0 Å². The molecule has 1 saturated heterocycles. The van der Waals surface area contributed by atoms with Gasteiger partial charge in [0.05, 0.1) is 0 Å². The Labute approximate surface area is 119 Å². The Morgan fingerprint density at radius 1 is 1.45 bits per heavy atom. The molecule has 20 heavy (non-hydrogen) atoms. The summed E-state index contributed by atoms with van der Waals surface area (Å²) in [6.07, 6.45) is 3.44. The van der Waals surface area contributed by atoms with Crippen LogP contribution in [-0.4, -0.2) is 42.2 Å². The monoisotopic (exact) mass is 275 g/mol. The number of aliphatic hydroxyl groups excluding tert-OH is 1. The van der Waals surface area contributed by atoms with E-state index in [0.717, 1.165) is 31.7 Å². The molecule has 2 rings (SSSR count). The molecule has 0 bridgehead atoms. The first-order valence-corrected chi connectivity index (χ1v) is 6.98. The van der Waals surface area contributed by atoms with Crippen molar-refractivity contribution in [3.05, 3.63) is 42.5 Å². The maximum absolute atomic E-state index is 12.3. The normalized spacial score (nSPS) is 18.1. The van der Waals surface area contributed by atoms with E-state index < -0.39 is 0 Å². The molecule has 1 aromatic rings. The van der Waals surface area contributed by atoms with Gasteiger partial charge in [-0.1, -0.05) is 12.7 Å². The molecule has 0 aliphatic carbocycles. The number of aliphatic hydroxyl groups is 1. The van der Waals surface area contributed by atoms with Crippen LogP contribution in [0.3, 0.4) is 0 Å². The third kappa shape index (κ3) is 3.61. The molecular formula is C16H21NO3. The zero-order chi connectivity index (χ0) is 14.4. The molecule has 1 amide bonds. The molecule has 0 spiro atoms. The second-order valence-corrected chi connectivity index (χ2v) is 5.04. The number of hydrogen-bond acceptors (Lipinski definition) is 3. The number of benzene rings is 1. The van der Waals surface area contributed by atoms with Crippen LogP contribution in [0, 0.1) is 5.92 Å². The predicted molar refractivity (Wildman–Crippen MR) is 77.8 cm³/mol. The molecule has 4 heteroatoms. The van der Waals surface area contributed by atoms with Gasteiger partial charge in [0, 0.05) is 25.3 Å². The van der Waals surface area contributed by atoms with Gasteiger partial charge in [0.2, 0.25) is 0 Å². The highest BCUT2D eigenvalue weighted by Gasteiger charge is 2.26. The number of rotatable bonds is 6. The number of carbonyl (C=O) groups is 1. The van der Waals surface area contributed by atoms with E-state index in [1.165, 1.54) is 0 Å². The van der Waals surface area contributed by atoms with Crippen molar-refractivity contribution in [2.75, 3.05) is 26.3 Å². The molecule has 1 fully saturated rings. The summed E-state index contributed by atoms with van der Waals surface area (Å²) in [6.45, 7) is 5.77. The molecule has 0 aromatic heterocycles. The molecule has 1 aliphatic rings. The van der Waals surface area contributed by atoms with E-state index in [-0.39, 0.29) is 12.5 Å². The summed E-state index contributed by atoms with van der Waals surface area (Å²) in [4.78, 5) is 14.2. The van der Waals surface area contributed by atoms with E-state index in [0.29, 0.717) is 18.1 Å². The fourth-order valence-electron chi connectivity index (χ4n) is 2.47. The maximum Gasteiger partial charge on any atom is 0.253 e. The van der Waals surface area contributed by atoms with Gasteiger partial charge in [-0.15, -0.1) is 0 Å². The van der Waals surface area contributed by atoms with Gasteiger partial charge in [0.25, 0.3) is 5.91 Å². The summed E-state index contributed by atoms with van der Waals surface area (Å²) in [7, 11) is 0. The highest BCUT2D eigenvalue weighted by Crippen LogP contribution is 2.22. The molecule has 0 saturated carbocycles. The van der Waals surface area contributed by atoms with Crippen molar-refractivity contribution in [2.24, 2.45) is 5.92 Å². The number of carbonyl (C=O) groups excluding carboxylic acids is 1. The Kier molecular flexibility index (Phi) is 5.18. The molecule has 1 atom stereocenters. The zero-order valence-corrected chi connectivity index (χ0v) is 11.6. The van der Waals surface area contributed by atoms with E-state index in [2.05, 4.69) is 6.58 Å². The van der Waals surface area contributed by atoms with Gasteiger partial charge in [-0.3, -0.25) is 4.79 Å². The van der Waals surface area contributed by atoms with Crippen molar-refractivity contribution in [2.45, 2.75) is 12.8 Å². The van der Waals surface area contributed by atoms with Gasteiger partial charge in [0.1, 0.15) is 12.4 Å². The van der Waals surface area contributed by atoms with Crippen LogP contribution in [0.5, 0.6) is 5.75 Å². The fraction of sp³-hybridized carbons (Fsp3) is 0.438. The fourth-order valence-corrected chi connectivity index (χ4v) is 2.47. The van der Waals surface area contributed by atoms with Crippen LogP contribution in [-0.2, 0) is 0 Å². The third-order valence-electron chi connectivity index (χ3n) is 3.58. The molecule has 1 aromatic carbocycles. The highest BCUT2D eigenvalue weighted by atomic mass is 16.5. The molecule has 4 nitrogen and oxygen atoms in total. The van der Waals surface area contributed by atoms with E-state index in [9.17, 15) is 4.79 Å². The van der Waals surface area contributed by atoms with Crippen molar-refractivity contribution in [3.8, 4) is 5.75 Å². The lowest BCUT2D eigenvalue weighted by atomic mass is 10.1. The molecule has 1 unspecified atom stereocenters. The Bertz CT molecular complexity index is 455. The van der Waals surface area contributed by atoms with E-state index in [1.54, 1.807) is 30.3 Å². The minimum Gasteiger partial charge on any atom is -0.490 e. The maximum atomic E-state index is 12.3. The van der Waals surface area contributed by atoms with Crippen molar-refractivity contribution in [3.63, 3.8) is 0 Å². The van der Waals surface area contributed by atoms with Gasteiger partial charge in [0.15, 0.2) is 0 Å². The van der Waals surface area contributed by atoms with Crippen molar-refractivity contribution in [1.29, 1.82) is 0 Å². The van der Waals surface area contributed by atoms with E-state index in [1.807, 2.05) is 4.90 Å². The zero-order valence-electron chi connectivity index (χ0n) is 11.6. The van der Waals surface area contributed by atoms with Crippen LogP contribution in [0.25, 0.3) is 0 Å². The number of amides is 1. The van der Waals surface area contributed by atoms with Crippen molar-refractivity contribution in [1.82, 2.24) is 4.90 Å². The summed E-state index contributed by atoms with van der Waals surface area (Å²) in [5.41, 5.74) is 0.681. The molecule has 1 N–H and O–H groups in total. The second-order valence-electron chi connectivity index (χ2n) is 5.04. The second kappa shape index (κ2) is 7.10. The molecule has 1 aliphatic heterocycles. The molecular weight excluding hydrogens is 254 g/mol. The van der Waals surface area contributed by atoms with Crippen LogP contribution in [0.2, 0.25) is 0 Å². The summed E-state index contributed by atoms with van der Waals surface area (Å²) in [6, 6.07) is 7.19. The first kappa shape index (κ1) is 14.6. The molecule has 108 valence electrons. The average Bonchev–Trinajstić information content (AvgIpc) is 2.94. The van der Waals surface area contributed by atoms with Gasteiger partial charge < -0.3 is 14.7 Å². The Morgan fingerprint density at radius 3 is 2.85 bits per heavy atom. The van der Waals surface area contributed by atoms with E-state index in [4.69, 9.17) is 9.84 Å². The number of nitrogens with zero attached hydrogens (tertiary/aromatic N) is 1. The average molecular weight is 275 g/mol. The first-order chi connectivity index (χ1) is 9.74. The lowest BCUT2D eigenvalue weighted by Crippen LogP contribution is -2.28. The molecule has 1 heterocycles. The van der Waals surface area contributed by atoms with Gasteiger partial charge >= 0.3 is 0 Å². The summed E-state index contributed by atoms with van der Waals surface area (Å²) in [5, 5.41) is 8.95. The summed E-state index contributed by atoms with van der Waals surface area (Å²) >= 11 is 0. The number of hydrogen-bond donors (Lipinski definition) is 1. The van der Waals surface area contributed by atoms with Crippen LogP contribution < -0.4 is 4.74 Å². The van der Waals surface area contributed by atoms with Crippen molar-refractivity contribution >= 4 is 5.91 Å². The van der Waals surface area contributed by atoms with Crippen LogP contribution in [0.4, 0.5) is 0 Å². The quantitative estimate of drug-likeness (QED) is 0.809. The minimum atomic E-state index is 0.0562. The van der Waals surface area contributed by atoms with Gasteiger partial charge in [-0.2, -0.15) is 0 Å². The smallest absolute Gasteiger partial charge is 0.253 e. The number of ether oxygens (including phenoxy) is 1. The topological polar surface area (TPSA) is 49.8 Å². The van der Waals surface area contributed by atoms with Crippen LogP contribution in [0.1, 0.15) is 23.2 Å². The Hall–Kier alpha value is -1.81. The molecule has 0 radical (unpaired) electrons. The minimum absolute atomic E-state index is 0.0562. The standard InChI is InChI=1S/C16H21NO3/c1-2-11-20-15-5-3-14(4-6-15)16(19)17-9-7-13(12-17)8-10-18/h2-6,13,18H,1,7-12H2. The lowest BCUT2D eigenvalue weighted by Gasteiger charge is -2.16. The third-order valence-corrected chi connectivity index (χ3v) is 3.58. The Morgan fingerprint density at radius 2 is 2.20 bits per heavy atom.